The Morgan fingerprint density at radius 3 is 2.62 bits per heavy atom. The van der Waals surface area contributed by atoms with Crippen LogP contribution in [0.15, 0.2) is 9.41 Å². The van der Waals surface area contributed by atoms with Crippen molar-refractivity contribution in [2.75, 3.05) is 13.1 Å². The molecule has 1 aromatic rings. The van der Waals surface area contributed by atoms with E-state index in [1.807, 2.05) is 20.8 Å². The van der Waals surface area contributed by atoms with Gasteiger partial charge in [0.15, 0.2) is 5.96 Å². The van der Waals surface area contributed by atoms with Crippen molar-refractivity contribution in [2.24, 2.45) is 4.99 Å². The van der Waals surface area contributed by atoms with Gasteiger partial charge in [0.1, 0.15) is 12.3 Å². The number of aliphatic imine (C=N–C) groups is 1. The second-order valence-corrected chi connectivity index (χ2v) is 6.20. The number of amides is 1. The van der Waals surface area contributed by atoms with Gasteiger partial charge < -0.3 is 20.4 Å². The Kier molecular flexibility index (Phi) is 7.08. The number of aromatic nitrogens is 1. The van der Waals surface area contributed by atoms with Gasteiger partial charge in [-0.15, -0.1) is 0 Å². The van der Waals surface area contributed by atoms with Gasteiger partial charge in [-0.25, -0.2) is 9.98 Å². The molecular weight excluding hydrogens is 306 g/mol. The molecule has 0 saturated heterocycles. The maximum absolute atomic E-state index is 12.0. The fraction of sp³-hybridized carbons (Fsp3) is 0.706. The number of rotatable bonds is 6. The van der Waals surface area contributed by atoms with E-state index in [9.17, 15) is 4.79 Å². The van der Waals surface area contributed by atoms with E-state index in [-0.39, 0.29) is 12.5 Å². The molecule has 0 radical (unpaired) electrons. The maximum atomic E-state index is 12.0. The normalized spacial score (nSPS) is 16.0. The first kappa shape index (κ1) is 18.3. The molecule has 0 bridgehead atoms. The molecule has 0 unspecified atom stereocenters. The van der Waals surface area contributed by atoms with Crippen LogP contribution in [0.25, 0.3) is 0 Å². The van der Waals surface area contributed by atoms with Crippen molar-refractivity contribution >= 4 is 11.9 Å². The third-order valence-corrected chi connectivity index (χ3v) is 4.18. The summed E-state index contributed by atoms with van der Waals surface area (Å²) >= 11 is 0. The Hall–Kier alpha value is -2.05. The first-order valence-corrected chi connectivity index (χ1v) is 8.83. The first-order valence-electron chi connectivity index (χ1n) is 8.83. The summed E-state index contributed by atoms with van der Waals surface area (Å²) in [6.45, 7) is 7.07. The molecule has 1 saturated carbocycles. The van der Waals surface area contributed by atoms with Gasteiger partial charge in [0, 0.05) is 12.6 Å². The molecule has 24 heavy (non-hydrogen) atoms. The van der Waals surface area contributed by atoms with Gasteiger partial charge in [0.05, 0.1) is 12.2 Å². The standard InChI is InChI=1S/C17H29N5O2/c1-4-18-17(20-11-16-21-12(2)13(3)24-16)19-10-15(23)22-14-8-6-5-7-9-14/h14H,4-11H2,1-3H3,(H,22,23)(H2,18,19,20). The number of hydrogen-bond donors (Lipinski definition) is 3. The van der Waals surface area contributed by atoms with Crippen LogP contribution in [-0.2, 0) is 11.3 Å². The molecule has 7 heteroatoms. The lowest BCUT2D eigenvalue weighted by Crippen LogP contribution is -2.40. The van der Waals surface area contributed by atoms with Crippen molar-refractivity contribution in [3.05, 3.63) is 17.3 Å². The van der Waals surface area contributed by atoms with E-state index in [1.165, 1.54) is 19.3 Å². The van der Waals surface area contributed by atoms with Crippen LogP contribution >= 0.6 is 0 Å². The van der Waals surface area contributed by atoms with Gasteiger partial charge in [0.25, 0.3) is 0 Å². The average molecular weight is 335 g/mol. The zero-order valence-corrected chi connectivity index (χ0v) is 14.9. The minimum Gasteiger partial charge on any atom is -0.444 e. The number of carbonyl (C=O) groups excluding carboxylic acids is 1. The highest BCUT2D eigenvalue weighted by Gasteiger charge is 2.15. The molecule has 1 amide bonds. The molecule has 0 spiro atoms. The third-order valence-electron chi connectivity index (χ3n) is 4.18. The van der Waals surface area contributed by atoms with Crippen LogP contribution in [0.3, 0.4) is 0 Å². The van der Waals surface area contributed by atoms with Gasteiger partial charge in [-0.3, -0.25) is 4.79 Å². The summed E-state index contributed by atoms with van der Waals surface area (Å²) in [4.78, 5) is 20.7. The molecule has 0 aromatic carbocycles. The average Bonchev–Trinajstić information content (AvgIpc) is 2.89. The van der Waals surface area contributed by atoms with Crippen molar-refractivity contribution in [1.82, 2.24) is 20.9 Å². The van der Waals surface area contributed by atoms with E-state index in [4.69, 9.17) is 4.42 Å². The quantitative estimate of drug-likeness (QED) is 0.545. The second-order valence-electron chi connectivity index (χ2n) is 6.20. The molecule has 3 N–H and O–H groups in total. The van der Waals surface area contributed by atoms with Crippen LogP contribution in [0.2, 0.25) is 0 Å². The summed E-state index contributed by atoms with van der Waals surface area (Å²) in [5.41, 5.74) is 0.889. The van der Waals surface area contributed by atoms with Crippen molar-refractivity contribution in [1.29, 1.82) is 0 Å². The Bertz CT molecular complexity index is 542. The van der Waals surface area contributed by atoms with Gasteiger partial charge in [-0.05, 0) is 33.6 Å². The molecule has 7 nitrogen and oxygen atoms in total. The van der Waals surface area contributed by atoms with Crippen LogP contribution in [0, 0.1) is 13.8 Å². The largest absolute Gasteiger partial charge is 0.444 e. The molecule has 134 valence electrons. The number of oxazole rings is 1. The predicted octanol–water partition coefficient (Wildman–Crippen LogP) is 1.80. The van der Waals surface area contributed by atoms with Crippen LogP contribution in [0.4, 0.5) is 0 Å². The lowest BCUT2D eigenvalue weighted by Gasteiger charge is -2.22. The van der Waals surface area contributed by atoms with Crippen molar-refractivity contribution < 1.29 is 9.21 Å². The number of nitrogens with one attached hydrogen (secondary N) is 3. The Labute approximate surface area is 143 Å². The molecule has 0 atom stereocenters. The molecule has 1 aliphatic rings. The van der Waals surface area contributed by atoms with E-state index in [0.29, 0.717) is 24.4 Å². The van der Waals surface area contributed by atoms with Gasteiger partial charge in [0.2, 0.25) is 11.8 Å². The van der Waals surface area contributed by atoms with E-state index < -0.39 is 0 Å². The minimum absolute atomic E-state index is 0.0260. The second kappa shape index (κ2) is 9.30. The van der Waals surface area contributed by atoms with Gasteiger partial charge in [-0.2, -0.15) is 0 Å². The van der Waals surface area contributed by atoms with Crippen LogP contribution in [0.5, 0.6) is 0 Å². The fourth-order valence-corrected chi connectivity index (χ4v) is 2.79. The molecule has 1 aliphatic carbocycles. The number of aryl methyl sites for hydroxylation is 2. The zero-order valence-electron chi connectivity index (χ0n) is 14.9. The summed E-state index contributed by atoms with van der Waals surface area (Å²) in [6, 6.07) is 0.315. The number of hydrogen-bond acceptors (Lipinski definition) is 4. The summed E-state index contributed by atoms with van der Waals surface area (Å²) in [7, 11) is 0. The Morgan fingerprint density at radius 2 is 2.00 bits per heavy atom. The number of carbonyl (C=O) groups is 1. The highest BCUT2D eigenvalue weighted by molar-refractivity contribution is 5.84. The van der Waals surface area contributed by atoms with E-state index >= 15 is 0 Å². The molecule has 1 fully saturated rings. The van der Waals surface area contributed by atoms with Gasteiger partial charge in [-0.1, -0.05) is 19.3 Å². The zero-order chi connectivity index (χ0) is 17.4. The van der Waals surface area contributed by atoms with Crippen molar-refractivity contribution in [3.8, 4) is 0 Å². The maximum Gasteiger partial charge on any atom is 0.242 e. The SMILES string of the molecule is CCNC(=NCC(=O)NC1CCCCC1)NCc1nc(C)c(C)o1. The van der Waals surface area contributed by atoms with Gasteiger partial charge >= 0.3 is 0 Å². The number of nitrogens with zero attached hydrogens (tertiary/aromatic N) is 2. The van der Waals surface area contributed by atoms with Crippen LogP contribution in [0.1, 0.15) is 56.4 Å². The monoisotopic (exact) mass is 335 g/mol. The summed E-state index contributed by atoms with van der Waals surface area (Å²) in [6.07, 6.45) is 5.84. The molecule has 1 heterocycles. The van der Waals surface area contributed by atoms with Crippen LogP contribution in [-0.4, -0.2) is 36.0 Å². The van der Waals surface area contributed by atoms with Crippen molar-refractivity contribution in [2.45, 2.75) is 65.5 Å². The lowest BCUT2D eigenvalue weighted by atomic mass is 9.95. The summed E-state index contributed by atoms with van der Waals surface area (Å²) in [5.74, 6) is 1.99. The molecular formula is C17H29N5O2. The van der Waals surface area contributed by atoms with E-state index in [0.717, 1.165) is 30.8 Å². The minimum atomic E-state index is -0.0260. The van der Waals surface area contributed by atoms with Crippen LogP contribution < -0.4 is 16.0 Å². The van der Waals surface area contributed by atoms with E-state index in [1.54, 1.807) is 0 Å². The fourth-order valence-electron chi connectivity index (χ4n) is 2.79. The molecule has 1 aromatic heterocycles. The summed E-state index contributed by atoms with van der Waals surface area (Å²) in [5, 5.41) is 9.33. The lowest BCUT2D eigenvalue weighted by molar-refractivity contribution is -0.120. The first-order chi connectivity index (χ1) is 11.6. The highest BCUT2D eigenvalue weighted by atomic mass is 16.4. The highest BCUT2D eigenvalue weighted by Crippen LogP contribution is 2.17. The van der Waals surface area contributed by atoms with E-state index in [2.05, 4.69) is 25.9 Å². The predicted molar refractivity (Wildman–Crippen MR) is 93.8 cm³/mol. The summed E-state index contributed by atoms with van der Waals surface area (Å²) < 4.78 is 5.53. The smallest absolute Gasteiger partial charge is 0.242 e. The Morgan fingerprint density at radius 1 is 1.25 bits per heavy atom. The molecule has 0 aliphatic heterocycles. The van der Waals surface area contributed by atoms with Crippen molar-refractivity contribution in [3.63, 3.8) is 0 Å². The molecule has 2 rings (SSSR count). The number of guanidine groups is 1. The topological polar surface area (TPSA) is 91.5 Å². The third kappa shape index (κ3) is 5.86. The Balaban J connectivity index is 1.81.